The second-order valence-electron chi connectivity index (χ2n) is 2.42. The summed E-state index contributed by atoms with van der Waals surface area (Å²) in [5, 5.41) is 8.61. The molecule has 0 amide bonds. The van der Waals surface area contributed by atoms with Crippen LogP contribution in [0, 0.1) is 11.3 Å². The topological polar surface area (TPSA) is 71.9 Å². The van der Waals surface area contributed by atoms with Crippen LogP contribution in [-0.2, 0) is 0 Å². The minimum Gasteiger partial charge on any atom is -0.485 e. The van der Waals surface area contributed by atoms with E-state index in [1.807, 2.05) is 0 Å². The number of alkyl halides is 2. The molecular weight excluding hydrogens is 192 g/mol. The first kappa shape index (κ1) is 10.2. The molecule has 0 radical (unpaired) electrons. The average molecular weight is 199 g/mol. The third kappa shape index (κ3) is 2.55. The highest BCUT2D eigenvalue weighted by Crippen LogP contribution is 2.18. The van der Waals surface area contributed by atoms with Gasteiger partial charge in [-0.3, -0.25) is 0 Å². The highest BCUT2D eigenvalue weighted by molar-refractivity contribution is 5.47. The van der Waals surface area contributed by atoms with E-state index in [4.69, 9.17) is 11.0 Å². The number of aromatic nitrogens is 1. The molecule has 0 bridgehead atoms. The molecule has 0 aliphatic rings. The Kier molecular flexibility index (Phi) is 3.18. The number of rotatable bonds is 3. The molecular formula is C8H7F2N3O. The lowest BCUT2D eigenvalue weighted by Crippen LogP contribution is -2.08. The Bertz CT molecular complexity index is 362. The van der Waals surface area contributed by atoms with Gasteiger partial charge in [0.1, 0.15) is 18.5 Å². The monoisotopic (exact) mass is 199 g/mol. The van der Waals surface area contributed by atoms with Crippen LogP contribution < -0.4 is 10.5 Å². The van der Waals surface area contributed by atoms with Crippen LogP contribution >= 0.6 is 0 Å². The van der Waals surface area contributed by atoms with Crippen LogP contribution in [0.3, 0.4) is 0 Å². The molecule has 0 saturated heterocycles. The summed E-state index contributed by atoms with van der Waals surface area (Å²) in [6, 6.07) is 3.03. The molecule has 1 aromatic heterocycles. The van der Waals surface area contributed by atoms with Crippen LogP contribution in [0.15, 0.2) is 12.3 Å². The molecule has 0 unspecified atom stereocenters. The van der Waals surface area contributed by atoms with Gasteiger partial charge in [-0.15, -0.1) is 0 Å². The van der Waals surface area contributed by atoms with Crippen molar-refractivity contribution in [1.82, 2.24) is 4.98 Å². The molecule has 0 saturated carbocycles. The Morgan fingerprint density at radius 1 is 1.64 bits per heavy atom. The number of ether oxygens (including phenoxy) is 1. The van der Waals surface area contributed by atoms with Crippen molar-refractivity contribution < 1.29 is 13.5 Å². The zero-order valence-electron chi connectivity index (χ0n) is 7.08. The van der Waals surface area contributed by atoms with E-state index in [0.29, 0.717) is 0 Å². The van der Waals surface area contributed by atoms with Gasteiger partial charge in [0, 0.05) is 6.07 Å². The van der Waals surface area contributed by atoms with E-state index in [1.54, 1.807) is 6.07 Å². The molecule has 14 heavy (non-hydrogen) atoms. The maximum absolute atomic E-state index is 11.8. The van der Waals surface area contributed by atoms with Crippen LogP contribution in [0.25, 0.3) is 0 Å². The summed E-state index contributed by atoms with van der Waals surface area (Å²) >= 11 is 0. The van der Waals surface area contributed by atoms with E-state index in [2.05, 4.69) is 9.72 Å². The lowest BCUT2D eigenvalue weighted by molar-refractivity contribution is 0.0816. The number of halogens is 2. The van der Waals surface area contributed by atoms with Crippen molar-refractivity contribution in [3.05, 3.63) is 17.8 Å². The molecule has 4 nitrogen and oxygen atoms in total. The molecule has 0 fully saturated rings. The fourth-order valence-corrected chi connectivity index (χ4v) is 0.814. The molecule has 1 rings (SSSR count). The molecule has 0 spiro atoms. The number of nitriles is 1. The predicted octanol–water partition coefficient (Wildman–Crippen LogP) is 1.18. The second-order valence-corrected chi connectivity index (χ2v) is 2.42. The van der Waals surface area contributed by atoms with E-state index in [9.17, 15) is 8.78 Å². The van der Waals surface area contributed by atoms with Crippen molar-refractivity contribution in [2.24, 2.45) is 0 Å². The summed E-state index contributed by atoms with van der Waals surface area (Å²) in [7, 11) is 0. The van der Waals surface area contributed by atoms with Crippen LogP contribution in [0.1, 0.15) is 5.56 Å². The fraction of sp³-hybridized carbons (Fsp3) is 0.250. The Morgan fingerprint density at radius 2 is 2.36 bits per heavy atom. The largest absolute Gasteiger partial charge is 0.485 e. The van der Waals surface area contributed by atoms with Gasteiger partial charge in [-0.25, -0.2) is 13.8 Å². The summed E-state index contributed by atoms with van der Waals surface area (Å²) in [5.74, 6) is 0.160. The third-order valence-electron chi connectivity index (χ3n) is 1.37. The maximum Gasteiger partial charge on any atom is 0.272 e. The smallest absolute Gasteiger partial charge is 0.272 e. The van der Waals surface area contributed by atoms with Crippen LogP contribution in [-0.4, -0.2) is 18.0 Å². The van der Waals surface area contributed by atoms with Gasteiger partial charge in [-0.05, 0) is 0 Å². The lowest BCUT2D eigenvalue weighted by atomic mass is 10.2. The molecule has 6 heteroatoms. The van der Waals surface area contributed by atoms with Crippen molar-refractivity contribution >= 4 is 5.82 Å². The first-order chi connectivity index (χ1) is 6.63. The summed E-state index contributed by atoms with van der Waals surface area (Å²) in [4.78, 5) is 3.62. The van der Waals surface area contributed by atoms with Gasteiger partial charge in [0.05, 0.1) is 11.8 Å². The highest BCUT2D eigenvalue weighted by Gasteiger charge is 2.08. The third-order valence-corrected chi connectivity index (χ3v) is 1.37. The number of nitrogens with zero attached hydrogens (tertiary/aromatic N) is 2. The number of pyridine rings is 1. The Hall–Kier alpha value is -1.90. The summed E-state index contributed by atoms with van der Waals surface area (Å²) in [5.41, 5.74) is 5.39. The van der Waals surface area contributed by atoms with E-state index in [1.165, 1.54) is 6.07 Å². The molecule has 1 aromatic rings. The van der Waals surface area contributed by atoms with Crippen LogP contribution in [0.4, 0.5) is 14.6 Å². The van der Waals surface area contributed by atoms with Crippen LogP contribution in [0.5, 0.6) is 5.75 Å². The second kappa shape index (κ2) is 4.37. The predicted molar refractivity (Wildman–Crippen MR) is 44.9 cm³/mol. The molecule has 0 aromatic carbocycles. The fourth-order valence-electron chi connectivity index (χ4n) is 0.814. The molecule has 0 atom stereocenters. The number of anilines is 1. The Labute approximate surface area is 78.9 Å². The molecule has 1 heterocycles. The normalized spacial score (nSPS) is 9.86. The quantitative estimate of drug-likeness (QED) is 0.793. The van der Waals surface area contributed by atoms with Gasteiger partial charge in [0.25, 0.3) is 6.43 Å². The zero-order chi connectivity index (χ0) is 10.6. The first-order valence-corrected chi connectivity index (χ1v) is 3.70. The summed E-state index contributed by atoms with van der Waals surface area (Å²) < 4.78 is 28.2. The molecule has 2 N–H and O–H groups in total. The standard InChI is InChI=1S/C8H7F2N3O/c9-7(10)4-14-6-3-13-8(12)1-5(6)2-11/h1,3,7H,4H2,(H2,12,13). The SMILES string of the molecule is N#Cc1cc(N)ncc1OCC(F)F. The molecule has 0 aliphatic heterocycles. The van der Waals surface area contributed by atoms with Crippen molar-refractivity contribution in [2.75, 3.05) is 12.3 Å². The summed E-state index contributed by atoms with van der Waals surface area (Å²) in [6.07, 6.45) is -1.44. The molecule has 74 valence electrons. The van der Waals surface area contributed by atoms with Crippen molar-refractivity contribution in [3.63, 3.8) is 0 Å². The lowest BCUT2D eigenvalue weighted by Gasteiger charge is -2.06. The molecule has 0 aliphatic carbocycles. The van der Waals surface area contributed by atoms with Crippen molar-refractivity contribution in [1.29, 1.82) is 5.26 Å². The zero-order valence-corrected chi connectivity index (χ0v) is 7.08. The average Bonchev–Trinajstić information content (AvgIpc) is 2.15. The highest BCUT2D eigenvalue weighted by atomic mass is 19.3. The van der Waals surface area contributed by atoms with Gasteiger partial charge < -0.3 is 10.5 Å². The number of nitrogen functional groups attached to an aromatic ring is 1. The first-order valence-electron chi connectivity index (χ1n) is 3.70. The van der Waals surface area contributed by atoms with Gasteiger partial charge in [0.15, 0.2) is 5.75 Å². The van der Waals surface area contributed by atoms with E-state index >= 15 is 0 Å². The van der Waals surface area contributed by atoms with E-state index in [-0.39, 0.29) is 17.1 Å². The minimum atomic E-state index is -2.58. The van der Waals surface area contributed by atoms with Gasteiger partial charge in [-0.2, -0.15) is 5.26 Å². The number of hydrogen-bond donors (Lipinski definition) is 1. The number of hydrogen-bond acceptors (Lipinski definition) is 4. The van der Waals surface area contributed by atoms with Gasteiger partial charge >= 0.3 is 0 Å². The van der Waals surface area contributed by atoms with E-state index in [0.717, 1.165) is 6.20 Å². The van der Waals surface area contributed by atoms with Crippen LogP contribution in [0.2, 0.25) is 0 Å². The van der Waals surface area contributed by atoms with Gasteiger partial charge in [-0.1, -0.05) is 0 Å². The Balaban J connectivity index is 2.82. The van der Waals surface area contributed by atoms with Crippen molar-refractivity contribution in [3.8, 4) is 11.8 Å². The Morgan fingerprint density at radius 3 is 2.93 bits per heavy atom. The minimum absolute atomic E-state index is 0.0157. The maximum atomic E-state index is 11.8. The summed E-state index contributed by atoms with van der Waals surface area (Å²) in [6.45, 7) is -0.764. The number of nitrogens with two attached hydrogens (primary N) is 1. The van der Waals surface area contributed by atoms with Crippen molar-refractivity contribution in [2.45, 2.75) is 6.43 Å². The van der Waals surface area contributed by atoms with E-state index < -0.39 is 13.0 Å². The van der Waals surface area contributed by atoms with Gasteiger partial charge in [0.2, 0.25) is 0 Å².